The molecule has 0 aromatic heterocycles. The Hall–Kier alpha value is -4.01. The fraction of sp³-hybridized carbons (Fsp3) is 0.346. The molecule has 0 radical (unpaired) electrons. The Morgan fingerprint density at radius 1 is 0.943 bits per heavy atom. The van der Waals surface area contributed by atoms with Crippen molar-refractivity contribution in [3.8, 4) is 5.75 Å². The second-order valence-corrected chi connectivity index (χ2v) is 9.00. The maximum atomic E-state index is 13.1. The van der Waals surface area contributed by atoms with Crippen molar-refractivity contribution in [1.82, 2.24) is 15.1 Å². The number of carbonyl (C=O) groups is 5. The van der Waals surface area contributed by atoms with Gasteiger partial charge in [-0.05, 0) is 63.1 Å². The summed E-state index contributed by atoms with van der Waals surface area (Å²) in [7, 11) is 0. The third-order valence-electron chi connectivity index (χ3n) is 6.16. The number of rotatable bonds is 5. The van der Waals surface area contributed by atoms with Crippen LogP contribution in [0.4, 0.5) is 0 Å². The average Bonchev–Trinajstić information content (AvgIpc) is 3.08. The van der Waals surface area contributed by atoms with Gasteiger partial charge in [0.05, 0.1) is 11.1 Å². The number of hydrogen-bond acceptors (Lipinski definition) is 6. The van der Waals surface area contributed by atoms with Gasteiger partial charge in [0.2, 0.25) is 0 Å². The zero-order valence-corrected chi connectivity index (χ0v) is 19.9. The van der Waals surface area contributed by atoms with Crippen LogP contribution in [-0.2, 0) is 4.79 Å². The fourth-order valence-electron chi connectivity index (χ4n) is 4.41. The predicted molar refractivity (Wildman–Crippen MR) is 126 cm³/mol. The molecule has 2 heterocycles. The van der Waals surface area contributed by atoms with Crippen LogP contribution < -0.4 is 10.1 Å². The van der Waals surface area contributed by atoms with Crippen LogP contribution in [0.2, 0.25) is 0 Å². The number of carbonyl (C=O) groups excluding carboxylic acids is 5. The minimum absolute atomic E-state index is 0.109. The van der Waals surface area contributed by atoms with E-state index in [9.17, 15) is 24.0 Å². The topological polar surface area (TPSA) is 113 Å². The van der Waals surface area contributed by atoms with E-state index in [4.69, 9.17) is 4.74 Å². The van der Waals surface area contributed by atoms with Gasteiger partial charge in [0.25, 0.3) is 23.6 Å². The number of fused-ring (bicyclic) bond motifs is 1. The summed E-state index contributed by atoms with van der Waals surface area (Å²) in [6.45, 7) is 5.72. The molecule has 1 saturated heterocycles. The van der Waals surface area contributed by atoms with E-state index >= 15 is 0 Å². The van der Waals surface area contributed by atoms with E-state index in [1.165, 1.54) is 24.0 Å². The summed E-state index contributed by atoms with van der Waals surface area (Å²) in [6.07, 6.45) is 1.15. The van der Waals surface area contributed by atoms with E-state index in [1.807, 2.05) is 0 Å². The Morgan fingerprint density at radius 3 is 2.29 bits per heavy atom. The summed E-state index contributed by atoms with van der Waals surface area (Å²) in [5.41, 5.74) is 1.32. The van der Waals surface area contributed by atoms with Crippen molar-refractivity contribution in [3.05, 3.63) is 64.7 Å². The minimum Gasteiger partial charge on any atom is -0.427 e. The highest BCUT2D eigenvalue weighted by molar-refractivity contribution is 6.22. The van der Waals surface area contributed by atoms with Crippen LogP contribution >= 0.6 is 0 Å². The standard InChI is InChI=1S/C26H27N3O6/c1-15(2)29-25(33)21-8-7-18(14-22(21)26(29)34)24(32)28-11-9-19(10-12-28)27-23(31)17-5-4-6-20(13-17)35-16(3)30/h4-8,13-15,19H,9-12H2,1-3H3,(H,27,31). The first-order valence-corrected chi connectivity index (χ1v) is 11.6. The molecule has 0 unspecified atom stereocenters. The van der Waals surface area contributed by atoms with Gasteiger partial charge in [-0.25, -0.2) is 0 Å². The van der Waals surface area contributed by atoms with Crippen LogP contribution in [0.5, 0.6) is 5.75 Å². The van der Waals surface area contributed by atoms with E-state index < -0.39 is 5.97 Å². The van der Waals surface area contributed by atoms with Gasteiger partial charge in [-0.2, -0.15) is 0 Å². The molecule has 0 aliphatic carbocycles. The third kappa shape index (κ3) is 4.94. The molecule has 0 atom stereocenters. The molecule has 2 aromatic rings. The number of esters is 1. The highest BCUT2D eigenvalue weighted by Crippen LogP contribution is 2.26. The number of nitrogens with one attached hydrogen (secondary N) is 1. The number of benzene rings is 2. The van der Waals surface area contributed by atoms with E-state index in [0.29, 0.717) is 48.4 Å². The fourth-order valence-corrected chi connectivity index (χ4v) is 4.41. The van der Waals surface area contributed by atoms with Crippen molar-refractivity contribution in [2.45, 2.75) is 45.7 Å². The lowest BCUT2D eigenvalue weighted by atomic mass is 10.0. The van der Waals surface area contributed by atoms with Gasteiger partial charge in [0, 0.05) is 43.2 Å². The van der Waals surface area contributed by atoms with Crippen molar-refractivity contribution in [1.29, 1.82) is 0 Å². The Balaban J connectivity index is 1.36. The molecule has 4 amide bonds. The smallest absolute Gasteiger partial charge is 0.308 e. The summed E-state index contributed by atoms with van der Waals surface area (Å²) in [6, 6.07) is 10.7. The number of imide groups is 1. The van der Waals surface area contributed by atoms with Gasteiger partial charge in [-0.1, -0.05) is 6.07 Å². The molecule has 0 spiro atoms. The van der Waals surface area contributed by atoms with Gasteiger partial charge in [-0.15, -0.1) is 0 Å². The van der Waals surface area contributed by atoms with Crippen molar-refractivity contribution in [3.63, 3.8) is 0 Å². The average molecular weight is 478 g/mol. The summed E-state index contributed by atoms with van der Waals surface area (Å²) in [5.74, 6) is -1.37. The Labute approximate surface area is 203 Å². The molecule has 182 valence electrons. The molecule has 2 aliphatic rings. The third-order valence-corrected chi connectivity index (χ3v) is 6.16. The molecule has 1 N–H and O–H groups in total. The van der Waals surface area contributed by atoms with Crippen molar-refractivity contribution in [2.24, 2.45) is 0 Å². The predicted octanol–water partition coefficient (Wildman–Crippen LogP) is 2.65. The van der Waals surface area contributed by atoms with Gasteiger partial charge in [-0.3, -0.25) is 28.9 Å². The number of nitrogens with zero attached hydrogens (tertiary/aromatic N) is 2. The molecule has 2 aliphatic heterocycles. The Bertz CT molecular complexity index is 1210. The van der Waals surface area contributed by atoms with Crippen LogP contribution in [0, 0.1) is 0 Å². The van der Waals surface area contributed by atoms with Crippen LogP contribution in [0.3, 0.4) is 0 Å². The zero-order valence-electron chi connectivity index (χ0n) is 19.9. The molecule has 1 fully saturated rings. The first-order chi connectivity index (χ1) is 16.7. The summed E-state index contributed by atoms with van der Waals surface area (Å²) in [4.78, 5) is 64.9. The van der Waals surface area contributed by atoms with Gasteiger partial charge >= 0.3 is 5.97 Å². The highest BCUT2D eigenvalue weighted by Gasteiger charge is 2.38. The molecule has 0 bridgehead atoms. The van der Waals surface area contributed by atoms with Crippen LogP contribution in [0.25, 0.3) is 0 Å². The van der Waals surface area contributed by atoms with Crippen LogP contribution in [0.15, 0.2) is 42.5 Å². The molecule has 4 rings (SSSR count). The van der Waals surface area contributed by atoms with E-state index in [1.54, 1.807) is 49.1 Å². The number of hydrogen-bond donors (Lipinski definition) is 1. The van der Waals surface area contributed by atoms with Gasteiger partial charge < -0.3 is 15.0 Å². The van der Waals surface area contributed by atoms with Crippen LogP contribution in [0.1, 0.15) is 75.0 Å². The summed E-state index contributed by atoms with van der Waals surface area (Å²) < 4.78 is 5.03. The van der Waals surface area contributed by atoms with E-state index in [0.717, 1.165) is 0 Å². The summed E-state index contributed by atoms with van der Waals surface area (Å²) >= 11 is 0. The number of amides is 4. The molecule has 35 heavy (non-hydrogen) atoms. The quantitative estimate of drug-likeness (QED) is 0.402. The van der Waals surface area contributed by atoms with E-state index in [-0.39, 0.29) is 41.3 Å². The lowest BCUT2D eigenvalue weighted by Gasteiger charge is -2.32. The molecule has 9 nitrogen and oxygen atoms in total. The molecular weight excluding hydrogens is 450 g/mol. The molecular formula is C26H27N3O6. The Kier molecular flexibility index (Phi) is 6.68. The maximum Gasteiger partial charge on any atom is 0.308 e. The monoisotopic (exact) mass is 477 g/mol. The van der Waals surface area contributed by atoms with Gasteiger partial charge in [0.15, 0.2) is 0 Å². The molecule has 9 heteroatoms. The normalized spacial score (nSPS) is 15.9. The Morgan fingerprint density at radius 2 is 1.63 bits per heavy atom. The second-order valence-electron chi connectivity index (χ2n) is 9.00. The van der Waals surface area contributed by atoms with Crippen molar-refractivity contribution >= 4 is 29.6 Å². The SMILES string of the molecule is CC(=O)Oc1cccc(C(=O)NC2CCN(C(=O)c3ccc4c(c3)C(=O)N(C(C)C)C4=O)CC2)c1. The van der Waals surface area contributed by atoms with E-state index in [2.05, 4.69) is 5.32 Å². The zero-order chi connectivity index (χ0) is 25.3. The summed E-state index contributed by atoms with van der Waals surface area (Å²) in [5, 5.41) is 2.97. The molecule has 2 aromatic carbocycles. The van der Waals surface area contributed by atoms with Crippen LogP contribution in [-0.4, -0.2) is 64.6 Å². The maximum absolute atomic E-state index is 13.1. The van der Waals surface area contributed by atoms with Crippen molar-refractivity contribution < 1.29 is 28.7 Å². The lowest BCUT2D eigenvalue weighted by Crippen LogP contribution is -2.46. The van der Waals surface area contributed by atoms with Crippen molar-refractivity contribution in [2.75, 3.05) is 13.1 Å². The first kappa shape index (κ1) is 24.1. The number of ether oxygens (including phenoxy) is 1. The minimum atomic E-state index is -0.462. The molecule has 0 saturated carbocycles. The van der Waals surface area contributed by atoms with Gasteiger partial charge in [0.1, 0.15) is 5.75 Å². The first-order valence-electron chi connectivity index (χ1n) is 11.6. The highest BCUT2D eigenvalue weighted by atomic mass is 16.5. The second kappa shape index (κ2) is 9.69. The number of piperidine rings is 1. The largest absolute Gasteiger partial charge is 0.427 e. The lowest BCUT2D eigenvalue weighted by molar-refractivity contribution is -0.131. The number of likely N-dealkylation sites (tertiary alicyclic amines) is 1.